The highest BCUT2D eigenvalue weighted by molar-refractivity contribution is 9.10. The van der Waals surface area contributed by atoms with Gasteiger partial charge in [0, 0.05) is 36.0 Å². The standard InChI is InChI=1S/C21H21BrF3N3O/c1-14-11-16(22)4-5-17(14)28-10-8-20(19(28)29)7-2-9-27(13-20)18-6-3-15(12-26-18)21(23,24)25/h3-6,11-12H,2,7-10,13H2,1H3/t20-/m1/s1. The minimum atomic E-state index is -4.40. The maximum Gasteiger partial charge on any atom is 0.417 e. The summed E-state index contributed by atoms with van der Waals surface area (Å²) >= 11 is 3.45. The molecular weight excluding hydrogens is 447 g/mol. The summed E-state index contributed by atoms with van der Waals surface area (Å²) < 4.78 is 39.4. The van der Waals surface area contributed by atoms with E-state index in [9.17, 15) is 18.0 Å². The molecule has 4 rings (SSSR count). The maximum atomic E-state index is 13.4. The fraction of sp³-hybridized carbons (Fsp3) is 0.429. The SMILES string of the molecule is Cc1cc(Br)ccc1N1CC[C@@]2(CCCN(c3ccc(C(F)(F)F)cn3)C2)C1=O. The van der Waals surface area contributed by atoms with Crippen molar-refractivity contribution in [1.29, 1.82) is 0 Å². The van der Waals surface area contributed by atoms with Gasteiger partial charge in [-0.3, -0.25) is 4.79 Å². The number of benzene rings is 1. The normalized spacial score (nSPS) is 22.6. The van der Waals surface area contributed by atoms with Gasteiger partial charge >= 0.3 is 6.18 Å². The molecule has 1 aromatic heterocycles. The van der Waals surface area contributed by atoms with Crippen molar-refractivity contribution in [1.82, 2.24) is 4.98 Å². The molecule has 3 heterocycles. The third-order valence-electron chi connectivity index (χ3n) is 5.94. The first-order valence-corrected chi connectivity index (χ1v) is 10.4. The number of carbonyl (C=O) groups is 1. The number of aryl methyl sites for hydroxylation is 1. The van der Waals surface area contributed by atoms with E-state index >= 15 is 0 Å². The van der Waals surface area contributed by atoms with Crippen molar-refractivity contribution in [2.75, 3.05) is 29.4 Å². The Morgan fingerprint density at radius 2 is 1.93 bits per heavy atom. The van der Waals surface area contributed by atoms with Crippen LogP contribution in [0.5, 0.6) is 0 Å². The molecule has 8 heteroatoms. The number of pyridine rings is 1. The quantitative estimate of drug-likeness (QED) is 0.609. The van der Waals surface area contributed by atoms with Gasteiger partial charge in [0.1, 0.15) is 5.82 Å². The number of amides is 1. The molecule has 2 saturated heterocycles. The van der Waals surface area contributed by atoms with Gasteiger partial charge in [-0.2, -0.15) is 13.2 Å². The predicted octanol–water partition coefficient (Wildman–Crippen LogP) is 5.19. The van der Waals surface area contributed by atoms with E-state index in [0.29, 0.717) is 25.5 Å². The van der Waals surface area contributed by atoms with Crippen LogP contribution in [0.4, 0.5) is 24.7 Å². The highest BCUT2D eigenvalue weighted by Crippen LogP contribution is 2.43. The van der Waals surface area contributed by atoms with E-state index in [1.807, 2.05) is 34.9 Å². The Morgan fingerprint density at radius 1 is 1.14 bits per heavy atom. The van der Waals surface area contributed by atoms with Crippen LogP contribution in [0.2, 0.25) is 0 Å². The molecule has 0 N–H and O–H groups in total. The van der Waals surface area contributed by atoms with Gasteiger partial charge in [0.2, 0.25) is 5.91 Å². The number of hydrogen-bond donors (Lipinski definition) is 0. The molecule has 2 aromatic rings. The second-order valence-corrected chi connectivity index (χ2v) is 8.76. The zero-order chi connectivity index (χ0) is 20.8. The molecule has 0 aliphatic carbocycles. The zero-order valence-corrected chi connectivity index (χ0v) is 17.6. The molecule has 1 spiro atoms. The fourth-order valence-corrected chi connectivity index (χ4v) is 4.89. The van der Waals surface area contributed by atoms with E-state index in [0.717, 1.165) is 47.2 Å². The van der Waals surface area contributed by atoms with Gasteiger partial charge in [-0.1, -0.05) is 15.9 Å². The molecule has 2 aliphatic rings. The molecule has 1 aromatic carbocycles. The maximum absolute atomic E-state index is 13.4. The van der Waals surface area contributed by atoms with Crippen LogP contribution < -0.4 is 9.80 Å². The number of piperidine rings is 1. The van der Waals surface area contributed by atoms with Crippen LogP contribution in [0.25, 0.3) is 0 Å². The third-order valence-corrected chi connectivity index (χ3v) is 6.43. The van der Waals surface area contributed by atoms with Crippen LogP contribution in [-0.4, -0.2) is 30.5 Å². The van der Waals surface area contributed by atoms with Gasteiger partial charge in [-0.05, 0) is 62.1 Å². The summed E-state index contributed by atoms with van der Waals surface area (Å²) in [5.74, 6) is 0.586. The number of aromatic nitrogens is 1. The van der Waals surface area contributed by atoms with E-state index in [1.54, 1.807) is 0 Å². The second-order valence-electron chi connectivity index (χ2n) is 7.85. The van der Waals surface area contributed by atoms with E-state index in [2.05, 4.69) is 20.9 Å². The van der Waals surface area contributed by atoms with Crippen LogP contribution in [0.3, 0.4) is 0 Å². The van der Waals surface area contributed by atoms with Gasteiger partial charge in [0.15, 0.2) is 0 Å². The Labute approximate surface area is 175 Å². The number of halogens is 4. The second kappa shape index (κ2) is 7.31. The molecule has 2 fully saturated rings. The third kappa shape index (κ3) is 3.74. The van der Waals surface area contributed by atoms with Crippen molar-refractivity contribution in [2.24, 2.45) is 5.41 Å². The van der Waals surface area contributed by atoms with Crippen LogP contribution in [0.15, 0.2) is 41.0 Å². The van der Waals surface area contributed by atoms with Gasteiger partial charge < -0.3 is 9.80 Å². The monoisotopic (exact) mass is 467 g/mol. The number of carbonyl (C=O) groups excluding carboxylic acids is 1. The first kappa shape index (κ1) is 20.2. The minimum Gasteiger partial charge on any atom is -0.356 e. The summed E-state index contributed by atoms with van der Waals surface area (Å²) in [7, 11) is 0. The average molecular weight is 468 g/mol. The predicted molar refractivity (Wildman–Crippen MR) is 109 cm³/mol. The Morgan fingerprint density at radius 3 is 2.59 bits per heavy atom. The smallest absolute Gasteiger partial charge is 0.356 e. The molecule has 1 amide bonds. The first-order valence-electron chi connectivity index (χ1n) is 9.56. The topological polar surface area (TPSA) is 36.4 Å². The van der Waals surface area contributed by atoms with Crippen molar-refractivity contribution in [2.45, 2.75) is 32.4 Å². The average Bonchev–Trinajstić information content (AvgIpc) is 2.97. The Hall–Kier alpha value is -2.09. The van der Waals surface area contributed by atoms with E-state index in [1.165, 1.54) is 6.07 Å². The Kier molecular flexibility index (Phi) is 5.09. The molecule has 0 saturated carbocycles. The summed E-state index contributed by atoms with van der Waals surface area (Å²) in [6, 6.07) is 8.33. The molecule has 29 heavy (non-hydrogen) atoms. The van der Waals surface area contributed by atoms with Crippen LogP contribution >= 0.6 is 15.9 Å². The number of anilines is 2. The summed E-state index contributed by atoms with van der Waals surface area (Å²) in [5, 5.41) is 0. The zero-order valence-electron chi connectivity index (χ0n) is 16.0. The molecule has 154 valence electrons. The van der Waals surface area contributed by atoms with Crippen LogP contribution in [0.1, 0.15) is 30.4 Å². The molecule has 0 radical (unpaired) electrons. The van der Waals surface area contributed by atoms with Crippen molar-refractivity contribution < 1.29 is 18.0 Å². The van der Waals surface area contributed by atoms with E-state index in [-0.39, 0.29) is 5.91 Å². The molecule has 1 atom stereocenters. The molecule has 4 nitrogen and oxygen atoms in total. The highest BCUT2D eigenvalue weighted by Gasteiger charge is 2.49. The molecule has 0 unspecified atom stereocenters. The highest BCUT2D eigenvalue weighted by atomic mass is 79.9. The van der Waals surface area contributed by atoms with Gasteiger partial charge in [0.25, 0.3) is 0 Å². The van der Waals surface area contributed by atoms with E-state index in [4.69, 9.17) is 0 Å². The molecule has 0 bridgehead atoms. The Bertz CT molecular complexity index is 932. The first-order chi connectivity index (χ1) is 13.7. The number of alkyl halides is 3. The van der Waals surface area contributed by atoms with Crippen LogP contribution in [0, 0.1) is 12.3 Å². The summed E-state index contributed by atoms with van der Waals surface area (Å²) in [6.07, 6.45) is -1.21. The largest absolute Gasteiger partial charge is 0.417 e. The summed E-state index contributed by atoms with van der Waals surface area (Å²) in [5.41, 5.74) is 0.672. The number of rotatable bonds is 2. The van der Waals surface area contributed by atoms with Crippen molar-refractivity contribution in [3.05, 3.63) is 52.1 Å². The van der Waals surface area contributed by atoms with Crippen molar-refractivity contribution in [3.63, 3.8) is 0 Å². The Balaban J connectivity index is 1.55. The fourth-order valence-electron chi connectivity index (χ4n) is 4.42. The van der Waals surface area contributed by atoms with E-state index < -0.39 is 17.2 Å². The van der Waals surface area contributed by atoms with Crippen LogP contribution in [-0.2, 0) is 11.0 Å². The van der Waals surface area contributed by atoms with Gasteiger partial charge in [-0.15, -0.1) is 0 Å². The van der Waals surface area contributed by atoms with Gasteiger partial charge in [0.05, 0.1) is 11.0 Å². The number of nitrogens with zero attached hydrogens (tertiary/aromatic N) is 3. The number of hydrogen-bond acceptors (Lipinski definition) is 3. The minimum absolute atomic E-state index is 0.0968. The molecule has 2 aliphatic heterocycles. The summed E-state index contributed by atoms with van der Waals surface area (Å²) in [6.45, 7) is 3.80. The molecular formula is C21H21BrF3N3O. The lowest BCUT2D eigenvalue weighted by Crippen LogP contribution is -2.48. The van der Waals surface area contributed by atoms with Crippen molar-refractivity contribution >= 4 is 33.3 Å². The summed E-state index contributed by atoms with van der Waals surface area (Å²) in [4.78, 5) is 21.2. The lowest BCUT2D eigenvalue weighted by molar-refractivity contribution is -0.137. The lowest BCUT2D eigenvalue weighted by Gasteiger charge is -2.39. The van der Waals surface area contributed by atoms with Crippen molar-refractivity contribution in [3.8, 4) is 0 Å². The van der Waals surface area contributed by atoms with Gasteiger partial charge in [-0.25, -0.2) is 4.98 Å². The lowest BCUT2D eigenvalue weighted by atomic mass is 9.78.